The van der Waals surface area contributed by atoms with Gasteiger partial charge in [0.05, 0.1) is 11.2 Å². The average Bonchev–Trinajstić information content (AvgIpc) is 2.83. The quantitative estimate of drug-likeness (QED) is 0.891. The van der Waals surface area contributed by atoms with E-state index < -0.39 is 0 Å². The summed E-state index contributed by atoms with van der Waals surface area (Å²) in [5.41, 5.74) is 7.82. The predicted octanol–water partition coefficient (Wildman–Crippen LogP) is 2.73. The number of nitrogens with zero attached hydrogens (tertiary/aromatic N) is 3. The van der Waals surface area contributed by atoms with E-state index in [-0.39, 0.29) is 0 Å². The summed E-state index contributed by atoms with van der Waals surface area (Å²) in [5.74, 6) is 0. The first-order valence-corrected chi connectivity index (χ1v) is 6.23. The van der Waals surface area contributed by atoms with Gasteiger partial charge < -0.3 is 5.73 Å². The van der Waals surface area contributed by atoms with Crippen LogP contribution >= 0.6 is 11.3 Å². The normalized spacial score (nSPS) is 11.2. The summed E-state index contributed by atoms with van der Waals surface area (Å²) in [6, 6.07) is 0.360. The molecule has 86 valence electrons. The minimum atomic E-state index is 0.360. The van der Waals surface area contributed by atoms with Gasteiger partial charge in [0.15, 0.2) is 0 Å². The first kappa shape index (κ1) is 11.1. The molecule has 2 rings (SSSR count). The lowest BCUT2D eigenvalue weighted by atomic mass is 10.2. The van der Waals surface area contributed by atoms with E-state index in [1.165, 1.54) is 0 Å². The Morgan fingerprint density at radius 3 is 2.75 bits per heavy atom. The fraction of sp³-hybridized carbons (Fsp3) is 0.455. The summed E-state index contributed by atoms with van der Waals surface area (Å²) < 4.78 is 1.92. The predicted molar refractivity (Wildman–Crippen MR) is 67.5 cm³/mol. The maximum atomic E-state index is 5.95. The van der Waals surface area contributed by atoms with Crippen LogP contribution in [0.5, 0.6) is 0 Å². The maximum absolute atomic E-state index is 5.95. The highest BCUT2D eigenvalue weighted by Gasteiger charge is 2.12. The van der Waals surface area contributed by atoms with Crippen molar-refractivity contribution in [3.63, 3.8) is 0 Å². The Hall–Kier alpha value is -1.36. The lowest BCUT2D eigenvalue weighted by molar-refractivity contribution is 0.532. The van der Waals surface area contributed by atoms with E-state index in [9.17, 15) is 0 Å². The Kier molecular flexibility index (Phi) is 2.96. The molecule has 2 heterocycles. The minimum absolute atomic E-state index is 0.360. The molecule has 0 aliphatic heterocycles. The molecule has 4 nitrogen and oxygen atoms in total. The molecule has 0 saturated carbocycles. The van der Waals surface area contributed by atoms with Crippen LogP contribution in [-0.2, 0) is 6.42 Å². The summed E-state index contributed by atoms with van der Waals surface area (Å²) in [7, 11) is 0. The molecule has 0 saturated heterocycles. The highest BCUT2D eigenvalue weighted by molar-refractivity contribution is 7.16. The van der Waals surface area contributed by atoms with Crippen molar-refractivity contribution in [2.24, 2.45) is 0 Å². The van der Waals surface area contributed by atoms with Gasteiger partial charge in [0.1, 0.15) is 10.7 Å². The van der Waals surface area contributed by atoms with E-state index in [2.05, 4.69) is 30.9 Å². The lowest BCUT2D eigenvalue weighted by Gasteiger charge is -2.02. The number of hydrogen-bond donors (Lipinski definition) is 1. The third kappa shape index (κ3) is 1.95. The molecule has 2 aromatic heterocycles. The number of rotatable bonds is 3. The number of nitrogen functional groups attached to an aromatic ring is 1. The third-order valence-corrected chi connectivity index (χ3v) is 3.43. The average molecular weight is 236 g/mol. The van der Waals surface area contributed by atoms with Crippen molar-refractivity contribution in [2.75, 3.05) is 5.73 Å². The van der Waals surface area contributed by atoms with Crippen LogP contribution in [0, 0.1) is 0 Å². The molecule has 0 unspecified atom stereocenters. The topological polar surface area (TPSA) is 56.7 Å². The van der Waals surface area contributed by atoms with Crippen LogP contribution in [0.25, 0.3) is 11.3 Å². The van der Waals surface area contributed by atoms with E-state index >= 15 is 0 Å². The molecule has 2 aromatic rings. The monoisotopic (exact) mass is 236 g/mol. The maximum Gasteiger partial charge on any atom is 0.114 e. The number of hydrogen-bond acceptors (Lipinski definition) is 4. The molecule has 0 amide bonds. The van der Waals surface area contributed by atoms with E-state index in [1.54, 1.807) is 11.3 Å². The molecular weight excluding hydrogens is 220 g/mol. The molecular formula is C11H16N4S. The second kappa shape index (κ2) is 4.25. The molecule has 0 radical (unpaired) electrons. The Morgan fingerprint density at radius 1 is 1.50 bits per heavy atom. The highest BCUT2D eigenvalue weighted by Crippen LogP contribution is 2.30. The third-order valence-electron chi connectivity index (χ3n) is 2.40. The van der Waals surface area contributed by atoms with Crippen molar-refractivity contribution < 1.29 is 0 Å². The zero-order valence-corrected chi connectivity index (χ0v) is 10.6. The Bertz CT molecular complexity index is 484. The van der Waals surface area contributed by atoms with Gasteiger partial charge in [0, 0.05) is 17.8 Å². The fourth-order valence-electron chi connectivity index (χ4n) is 1.48. The Morgan fingerprint density at radius 2 is 2.25 bits per heavy atom. The summed E-state index contributed by atoms with van der Waals surface area (Å²) in [4.78, 5) is 4.51. The van der Waals surface area contributed by atoms with Crippen molar-refractivity contribution in [2.45, 2.75) is 33.2 Å². The van der Waals surface area contributed by atoms with Gasteiger partial charge in [-0.2, -0.15) is 5.10 Å². The van der Waals surface area contributed by atoms with Crippen molar-refractivity contribution in [1.82, 2.24) is 14.8 Å². The number of anilines is 1. The van der Waals surface area contributed by atoms with Crippen LogP contribution in [0.15, 0.2) is 12.4 Å². The van der Waals surface area contributed by atoms with Crippen molar-refractivity contribution in [3.05, 3.63) is 17.4 Å². The number of aromatic nitrogens is 3. The van der Waals surface area contributed by atoms with Gasteiger partial charge in [-0.05, 0) is 20.3 Å². The summed E-state index contributed by atoms with van der Waals surface area (Å²) in [6.07, 6.45) is 4.74. The number of aryl methyl sites for hydroxylation is 1. The van der Waals surface area contributed by atoms with Crippen LogP contribution in [-0.4, -0.2) is 14.8 Å². The smallest absolute Gasteiger partial charge is 0.114 e. The highest BCUT2D eigenvalue weighted by atomic mass is 32.1. The van der Waals surface area contributed by atoms with Crippen molar-refractivity contribution in [1.29, 1.82) is 0 Å². The second-order valence-electron chi connectivity index (χ2n) is 3.98. The Balaban J connectivity index is 2.38. The lowest BCUT2D eigenvalue weighted by Crippen LogP contribution is -1.99. The molecule has 0 spiro atoms. The number of thiazole rings is 1. The van der Waals surface area contributed by atoms with Gasteiger partial charge in [-0.3, -0.25) is 4.68 Å². The van der Waals surface area contributed by atoms with E-state index in [0.717, 1.165) is 27.7 Å². The number of nitrogens with two attached hydrogens (primary N) is 1. The van der Waals surface area contributed by atoms with Crippen molar-refractivity contribution >= 4 is 16.3 Å². The van der Waals surface area contributed by atoms with Crippen LogP contribution in [0.2, 0.25) is 0 Å². The second-order valence-corrected chi connectivity index (χ2v) is 5.09. The molecule has 16 heavy (non-hydrogen) atoms. The first-order valence-electron chi connectivity index (χ1n) is 5.41. The summed E-state index contributed by atoms with van der Waals surface area (Å²) >= 11 is 1.56. The molecule has 0 aliphatic carbocycles. The van der Waals surface area contributed by atoms with Crippen molar-refractivity contribution in [3.8, 4) is 11.3 Å². The molecule has 0 aliphatic rings. The molecule has 0 aromatic carbocycles. The molecule has 5 heteroatoms. The Labute approximate surface area is 99.1 Å². The van der Waals surface area contributed by atoms with Crippen LogP contribution in [0.4, 0.5) is 5.00 Å². The molecule has 0 bridgehead atoms. The fourth-order valence-corrected chi connectivity index (χ4v) is 2.27. The van der Waals surface area contributed by atoms with E-state index in [0.29, 0.717) is 6.04 Å². The minimum Gasteiger partial charge on any atom is -0.389 e. The first-order chi connectivity index (χ1) is 7.61. The SMILES string of the molecule is CCc1nc(-c2cnn(C(C)C)c2)c(N)s1. The van der Waals surface area contributed by atoms with Crippen LogP contribution < -0.4 is 5.73 Å². The molecule has 0 fully saturated rings. The van der Waals surface area contributed by atoms with E-state index in [1.807, 2.05) is 17.1 Å². The van der Waals surface area contributed by atoms with E-state index in [4.69, 9.17) is 5.73 Å². The standard InChI is InChI=1S/C11H16N4S/c1-4-9-14-10(11(12)16-9)8-5-13-15(6-8)7(2)3/h5-7H,4,12H2,1-3H3. The molecule has 2 N–H and O–H groups in total. The zero-order valence-electron chi connectivity index (χ0n) is 9.77. The van der Waals surface area contributed by atoms with Gasteiger partial charge >= 0.3 is 0 Å². The molecule has 0 atom stereocenters. The summed E-state index contributed by atoms with van der Waals surface area (Å²) in [5, 5.41) is 6.15. The van der Waals surface area contributed by atoms with Gasteiger partial charge in [0.25, 0.3) is 0 Å². The zero-order chi connectivity index (χ0) is 11.7. The van der Waals surface area contributed by atoms with Crippen LogP contribution in [0.3, 0.4) is 0 Å². The largest absolute Gasteiger partial charge is 0.389 e. The van der Waals surface area contributed by atoms with Gasteiger partial charge in [-0.1, -0.05) is 6.92 Å². The van der Waals surface area contributed by atoms with Gasteiger partial charge in [-0.15, -0.1) is 11.3 Å². The summed E-state index contributed by atoms with van der Waals surface area (Å²) in [6.45, 7) is 6.27. The van der Waals surface area contributed by atoms with Crippen LogP contribution in [0.1, 0.15) is 31.8 Å². The van der Waals surface area contributed by atoms with Gasteiger partial charge in [-0.25, -0.2) is 4.98 Å². The van der Waals surface area contributed by atoms with Gasteiger partial charge in [0.2, 0.25) is 0 Å².